The van der Waals surface area contributed by atoms with Crippen LogP contribution < -0.4 is 0 Å². The quantitative estimate of drug-likeness (QED) is 0.623. The fourth-order valence-corrected chi connectivity index (χ4v) is 3.04. The van der Waals surface area contributed by atoms with E-state index in [0.29, 0.717) is 17.4 Å². The summed E-state index contributed by atoms with van der Waals surface area (Å²) < 4.78 is 4.69. The Labute approximate surface area is 132 Å². The van der Waals surface area contributed by atoms with E-state index in [1.54, 1.807) is 12.1 Å². The van der Waals surface area contributed by atoms with E-state index >= 15 is 0 Å². The van der Waals surface area contributed by atoms with Crippen molar-refractivity contribution in [2.24, 2.45) is 17.8 Å². The van der Waals surface area contributed by atoms with E-state index < -0.39 is 0 Å². The van der Waals surface area contributed by atoms with Gasteiger partial charge in [-0.15, -0.1) is 0 Å². The molecule has 1 fully saturated rings. The Balaban J connectivity index is 2.26. The van der Waals surface area contributed by atoms with E-state index in [9.17, 15) is 9.59 Å². The Hall–Kier alpha value is -1.90. The molecule has 0 spiro atoms. The van der Waals surface area contributed by atoms with Gasteiger partial charge in [-0.3, -0.25) is 4.79 Å². The number of carbonyl (C=O) groups excluding carboxylic acids is 2. The van der Waals surface area contributed by atoms with Crippen molar-refractivity contribution in [2.75, 3.05) is 7.11 Å². The minimum Gasteiger partial charge on any atom is -0.465 e. The number of rotatable bonds is 3. The molecule has 1 aromatic rings. The lowest BCUT2D eigenvalue weighted by molar-refractivity contribution is -0.122. The van der Waals surface area contributed by atoms with Gasteiger partial charge in [0.1, 0.15) is 0 Å². The smallest absolute Gasteiger partial charge is 0.337 e. The van der Waals surface area contributed by atoms with Crippen LogP contribution in [0.2, 0.25) is 0 Å². The van der Waals surface area contributed by atoms with Crippen LogP contribution in [0.25, 0.3) is 6.08 Å². The molecule has 118 valence electrons. The van der Waals surface area contributed by atoms with Crippen molar-refractivity contribution in [1.82, 2.24) is 0 Å². The van der Waals surface area contributed by atoms with Crippen LogP contribution in [0.1, 0.15) is 49.5 Å². The fourth-order valence-electron chi connectivity index (χ4n) is 3.04. The molecular formula is C19H24O3. The highest BCUT2D eigenvalue weighted by atomic mass is 16.5. The zero-order valence-corrected chi connectivity index (χ0v) is 13.8. The van der Waals surface area contributed by atoms with Crippen molar-refractivity contribution in [2.45, 2.75) is 33.6 Å². The molecule has 0 saturated heterocycles. The lowest BCUT2D eigenvalue weighted by Crippen LogP contribution is -2.30. The zero-order chi connectivity index (χ0) is 16.3. The van der Waals surface area contributed by atoms with E-state index in [1.165, 1.54) is 7.11 Å². The highest BCUT2D eigenvalue weighted by molar-refractivity contribution is 6.02. The third-order valence-electron chi connectivity index (χ3n) is 4.52. The second-order valence-corrected chi connectivity index (χ2v) is 6.41. The van der Waals surface area contributed by atoms with Crippen LogP contribution in [0, 0.1) is 17.8 Å². The Morgan fingerprint density at radius 1 is 1.23 bits per heavy atom. The molecule has 0 bridgehead atoms. The number of ether oxygens (including phenoxy) is 1. The van der Waals surface area contributed by atoms with Crippen LogP contribution >= 0.6 is 0 Å². The number of methoxy groups -OCH3 is 1. The minimum atomic E-state index is -0.346. The second kappa shape index (κ2) is 6.91. The number of ketones is 1. The van der Waals surface area contributed by atoms with Crippen molar-refractivity contribution in [3.8, 4) is 0 Å². The molecule has 0 N–H and O–H groups in total. The molecule has 1 aromatic carbocycles. The molecule has 22 heavy (non-hydrogen) atoms. The van der Waals surface area contributed by atoms with Crippen molar-refractivity contribution in [1.29, 1.82) is 0 Å². The molecule has 0 unspecified atom stereocenters. The van der Waals surface area contributed by atoms with Gasteiger partial charge in [0.05, 0.1) is 12.7 Å². The van der Waals surface area contributed by atoms with Crippen LogP contribution in [0.4, 0.5) is 0 Å². The number of allylic oxidation sites excluding steroid dienone is 1. The molecule has 2 rings (SSSR count). The third-order valence-corrected chi connectivity index (χ3v) is 4.52. The Morgan fingerprint density at radius 3 is 2.41 bits per heavy atom. The summed E-state index contributed by atoms with van der Waals surface area (Å²) in [6.45, 7) is 6.34. The third kappa shape index (κ3) is 3.46. The van der Waals surface area contributed by atoms with Gasteiger partial charge in [0, 0.05) is 5.92 Å². The average Bonchev–Trinajstić information content (AvgIpc) is 2.50. The van der Waals surface area contributed by atoms with Crippen LogP contribution in [0.3, 0.4) is 0 Å². The Kier molecular flexibility index (Phi) is 5.17. The maximum Gasteiger partial charge on any atom is 0.337 e. The molecule has 2 atom stereocenters. The first kappa shape index (κ1) is 16.5. The molecule has 1 aliphatic carbocycles. The van der Waals surface area contributed by atoms with Crippen molar-refractivity contribution < 1.29 is 14.3 Å². The van der Waals surface area contributed by atoms with Crippen LogP contribution in [-0.4, -0.2) is 18.9 Å². The lowest BCUT2D eigenvalue weighted by Gasteiger charge is -2.30. The Bertz CT molecular complexity index is 581. The van der Waals surface area contributed by atoms with Crippen molar-refractivity contribution in [3.63, 3.8) is 0 Å². The van der Waals surface area contributed by atoms with Crippen LogP contribution in [-0.2, 0) is 9.53 Å². The normalized spacial score (nSPS) is 23.9. The van der Waals surface area contributed by atoms with Crippen molar-refractivity contribution >= 4 is 17.8 Å². The predicted octanol–water partition coefficient (Wildman–Crippen LogP) is 4.13. The maximum absolute atomic E-state index is 12.7. The maximum atomic E-state index is 12.7. The summed E-state index contributed by atoms with van der Waals surface area (Å²) in [5.74, 6) is 0.747. The molecule has 0 heterocycles. The van der Waals surface area contributed by atoms with E-state index in [1.807, 2.05) is 18.2 Å². The molecule has 0 amide bonds. The molecule has 0 aromatic heterocycles. The van der Waals surface area contributed by atoms with Gasteiger partial charge < -0.3 is 4.74 Å². The summed E-state index contributed by atoms with van der Waals surface area (Å²) in [4.78, 5) is 24.1. The fraction of sp³-hybridized carbons (Fsp3) is 0.474. The number of esters is 1. The van der Waals surface area contributed by atoms with Gasteiger partial charge in [0.15, 0.2) is 5.78 Å². The first-order chi connectivity index (χ1) is 10.4. The highest BCUT2D eigenvalue weighted by Crippen LogP contribution is 2.35. The standard InChI is InChI=1S/C19H24O3/c1-12(2)16-10-5-13(3)17(18(16)20)11-14-6-8-15(9-7-14)19(21)22-4/h6-9,11-13,16H,5,10H2,1-4H3/b17-11-/t13-,16+/m1/s1. The summed E-state index contributed by atoms with van der Waals surface area (Å²) in [5, 5.41) is 0. The van der Waals surface area contributed by atoms with E-state index in [0.717, 1.165) is 24.0 Å². The topological polar surface area (TPSA) is 43.4 Å². The zero-order valence-electron chi connectivity index (χ0n) is 13.8. The molecule has 1 aliphatic rings. The summed E-state index contributed by atoms with van der Waals surface area (Å²) >= 11 is 0. The van der Waals surface area contributed by atoms with E-state index in [2.05, 4.69) is 20.8 Å². The molecule has 1 saturated carbocycles. The Morgan fingerprint density at radius 2 is 1.86 bits per heavy atom. The van der Waals surface area contributed by atoms with Gasteiger partial charge in [-0.1, -0.05) is 32.9 Å². The van der Waals surface area contributed by atoms with Crippen LogP contribution in [0.15, 0.2) is 29.8 Å². The van der Waals surface area contributed by atoms with Crippen molar-refractivity contribution in [3.05, 3.63) is 41.0 Å². The summed E-state index contributed by atoms with van der Waals surface area (Å²) in [7, 11) is 1.37. The minimum absolute atomic E-state index is 0.136. The van der Waals surface area contributed by atoms with Gasteiger partial charge in [-0.25, -0.2) is 4.79 Å². The summed E-state index contributed by atoms with van der Waals surface area (Å²) in [5.41, 5.74) is 2.38. The molecule has 3 nitrogen and oxygen atoms in total. The van der Waals surface area contributed by atoms with E-state index in [4.69, 9.17) is 4.74 Å². The number of carbonyl (C=O) groups is 2. The van der Waals surface area contributed by atoms with Gasteiger partial charge in [0.25, 0.3) is 0 Å². The van der Waals surface area contributed by atoms with Crippen LogP contribution in [0.5, 0.6) is 0 Å². The van der Waals surface area contributed by atoms with Gasteiger partial charge in [-0.2, -0.15) is 0 Å². The van der Waals surface area contributed by atoms with E-state index in [-0.39, 0.29) is 17.7 Å². The first-order valence-electron chi connectivity index (χ1n) is 7.88. The largest absolute Gasteiger partial charge is 0.465 e. The SMILES string of the molecule is COC(=O)c1ccc(/C=C2\C(=O)[C@H](C(C)C)CC[C@H]2C)cc1. The average molecular weight is 300 g/mol. The van der Waals surface area contributed by atoms with Gasteiger partial charge >= 0.3 is 5.97 Å². The number of hydrogen-bond donors (Lipinski definition) is 0. The molecule has 3 heteroatoms. The molecular weight excluding hydrogens is 276 g/mol. The first-order valence-corrected chi connectivity index (χ1v) is 7.88. The number of hydrogen-bond acceptors (Lipinski definition) is 3. The molecule has 0 radical (unpaired) electrons. The number of Topliss-reactive ketones (excluding diaryl/α,β-unsaturated/α-hetero) is 1. The monoisotopic (exact) mass is 300 g/mol. The lowest BCUT2D eigenvalue weighted by atomic mass is 9.73. The van der Waals surface area contributed by atoms with Gasteiger partial charge in [-0.05, 0) is 54.0 Å². The second-order valence-electron chi connectivity index (χ2n) is 6.41. The van der Waals surface area contributed by atoms with Gasteiger partial charge in [0.2, 0.25) is 0 Å². The number of benzene rings is 1. The highest BCUT2D eigenvalue weighted by Gasteiger charge is 2.32. The predicted molar refractivity (Wildman–Crippen MR) is 87.5 cm³/mol. The summed E-state index contributed by atoms with van der Waals surface area (Å²) in [6.07, 6.45) is 4.01. The molecule has 0 aliphatic heterocycles. The summed E-state index contributed by atoms with van der Waals surface area (Å²) in [6, 6.07) is 7.18.